The molecule has 10 heteroatoms. The molecule has 0 unspecified atom stereocenters. The van der Waals surface area contributed by atoms with Crippen LogP contribution in [-0.2, 0) is 20.5 Å². The van der Waals surface area contributed by atoms with E-state index < -0.39 is 46.8 Å². The molecule has 2 aromatic rings. The van der Waals surface area contributed by atoms with Crippen molar-refractivity contribution in [2.24, 2.45) is 0 Å². The number of rotatable bonds is 3. The number of nitrogens with one attached hydrogen (secondary N) is 1. The third-order valence-corrected chi connectivity index (χ3v) is 5.35. The molecule has 1 saturated heterocycles. The summed E-state index contributed by atoms with van der Waals surface area (Å²) in [5.74, 6) is -1.68. The lowest BCUT2D eigenvalue weighted by atomic mass is 10.1. The smallest absolute Gasteiger partial charge is 0.417 e. The van der Waals surface area contributed by atoms with Crippen LogP contribution in [-0.4, -0.2) is 28.7 Å². The van der Waals surface area contributed by atoms with Gasteiger partial charge >= 0.3 is 12.1 Å². The highest BCUT2D eigenvalue weighted by Crippen LogP contribution is 2.39. The predicted molar refractivity (Wildman–Crippen MR) is 99.6 cm³/mol. The molecule has 2 atom stereocenters. The highest BCUT2D eigenvalue weighted by molar-refractivity contribution is 6.31. The minimum absolute atomic E-state index is 0.0444. The molecule has 1 fully saturated rings. The Kier molecular flexibility index (Phi) is 4.93. The number of anilines is 1. The fourth-order valence-corrected chi connectivity index (χ4v) is 3.86. The number of fused-ring (bicyclic) bond motifs is 1. The second-order valence-corrected chi connectivity index (χ2v) is 7.29. The van der Waals surface area contributed by atoms with E-state index in [0.717, 1.165) is 12.1 Å². The maximum absolute atomic E-state index is 13.1. The zero-order chi connectivity index (χ0) is 21.6. The Morgan fingerprint density at radius 3 is 2.63 bits per heavy atom. The first-order valence-electron chi connectivity index (χ1n) is 8.95. The van der Waals surface area contributed by atoms with Gasteiger partial charge in [-0.3, -0.25) is 14.5 Å². The van der Waals surface area contributed by atoms with Crippen molar-refractivity contribution in [1.82, 2.24) is 4.90 Å². The number of carbonyl (C=O) groups excluding carboxylic acids is 3. The number of amides is 2. The average Bonchev–Trinajstić information content (AvgIpc) is 3.22. The molecule has 2 heterocycles. The molecule has 0 saturated carbocycles. The molecule has 2 aliphatic rings. The number of carbonyl (C=O) groups is 3. The molecule has 0 spiro atoms. The second-order valence-electron chi connectivity index (χ2n) is 6.88. The van der Waals surface area contributed by atoms with Gasteiger partial charge in [-0.25, -0.2) is 4.79 Å². The maximum atomic E-state index is 13.1. The second kappa shape index (κ2) is 7.32. The Hall–Kier alpha value is -3.07. The maximum Gasteiger partial charge on any atom is 0.417 e. The van der Waals surface area contributed by atoms with Crippen molar-refractivity contribution >= 4 is 35.1 Å². The summed E-state index contributed by atoms with van der Waals surface area (Å²) in [6, 6.07) is 8.50. The van der Waals surface area contributed by atoms with Crippen molar-refractivity contribution in [1.29, 1.82) is 0 Å². The summed E-state index contributed by atoms with van der Waals surface area (Å²) in [6.45, 7) is 0. The number of alkyl halides is 3. The number of benzene rings is 2. The molecule has 4 rings (SSSR count). The van der Waals surface area contributed by atoms with Crippen molar-refractivity contribution in [3.63, 3.8) is 0 Å². The Bertz CT molecular complexity index is 1060. The Balaban J connectivity index is 1.59. The van der Waals surface area contributed by atoms with Crippen LogP contribution in [0.2, 0.25) is 5.02 Å². The van der Waals surface area contributed by atoms with Crippen molar-refractivity contribution in [2.75, 3.05) is 5.32 Å². The Morgan fingerprint density at radius 2 is 1.90 bits per heavy atom. The first-order chi connectivity index (χ1) is 14.2. The summed E-state index contributed by atoms with van der Waals surface area (Å²) in [7, 11) is 0. The Labute approximate surface area is 173 Å². The van der Waals surface area contributed by atoms with Gasteiger partial charge in [0, 0.05) is 17.7 Å². The van der Waals surface area contributed by atoms with E-state index in [9.17, 15) is 27.6 Å². The predicted octanol–water partition coefficient (Wildman–Crippen LogP) is 4.16. The lowest BCUT2D eigenvalue weighted by Crippen LogP contribution is -2.43. The summed E-state index contributed by atoms with van der Waals surface area (Å²) < 4.78 is 44.5. The number of ether oxygens (including phenoxy) is 1. The van der Waals surface area contributed by atoms with Gasteiger partial charge in [0.2, 0.25) is 18.0 Å². The van der Waals surface area contributed by atoms with Crippen molar-refractivity contribution in [2.45, 2.75) is 31.3 Å². The van der Waals surface area contributed by atoms with E-state index in [1.807, 2.05) is 0 Å². The van der Waals surface area contributed by atoms with Crippen LogP contribution in [0.15, 0.2) is 42.5 Å². The van der Waals surface area contributed by atoms with Gasteiger partial charge in [-0.15, -0.1) is 0 Å². The molecule has 2 aliphatic heterocycles. The van der Waals surface area contributed by atoms with Crippen molar-refractivity contribution in [3.05, 3.63) is 64.2 Å². The highest BCUT2D eigenvalue weighted by Gasteiger charge is 2.46. The van der Waals surface area contributed by atoms with Crippen molar-refractivity contribution in [3.8, 4) is 0 Å². The topological polar surface area (TPSA) is 75.7 Å². The van der Waals surface area contributed by atoms with Gasteiger partial charge in [0.25, 0.3) is 0 Å². The van der Waals surface area contributed by atoms with E-state index in [0.29, 0.717) is 11.1 Å². The summed E-state index contributed by atoms with van der Waals surface area (Å²) >= 11 is 5.60. The normalized spacial score (nSPS) is 20.9. The molecule has 0 bridgehead atoms. The van der Waals surface area contributed by atoms with Gasteiger partial charge in [-0.1, -0.05) is 29.8 Å². The number of hydrogen-bond acceptors (Lipinski definition) is 4. The quantitative estimate of drug-likeness (QED) is 0.730. The molecular weight excluding hydrogens is 425 g/mol. The zero-order valence-corrected chi connectivity index (χ0v) is 16.0. The SMILES string of the molecule is O=C1O[C@H](N2C(=O)CC[C@H]2C(=O)Nc2ccc(Cl)c(C(F)(F)F)c2)c2ccccc21. The van der Waals surface area contributed by atoms with E-state index in [1.54, 1.807) is 24.3 Å². The van der Waals surface area contributed by atoms with Crippen LogP contribution in [0, 0.1) is 0 Å². The third-order valence-electron chi connectivity index (χ3n) is 5.02. The third kappa shape index (κ3) is 3.49. The number of hydrogen-bond donors (Lipinski definition) is 1. The standard InChI is InChI=1S/C20H14ClF3N2O4/c21-14-6-5-10(9-13(14)20(22,23)24)25-17(28)15-7-8-16(27)26(15)18-11-3-1-2-4-12(11)19(29)30-18/h1-6,9,15,18H,7-8H2,(H,25,28)/t15-,18-/m0/s1. The first-order valence-corrected chi connectivity index (χ1v) is 9.33. The first kappa shape index (κ1) is 20.2. The number of cyclic esters (lactones) is 1. The molecule has 0 radical (unpaired) electrons. The Morgan fingerprint density at radius 1 is 1.17 bits per heavy atom. The molecule has 30 heavy (non-hydrogen) atoms. The van der Waals surface area contributed by atoms with Gasteiger partial charge in [-0.2, -0.15) is 13.2 Å². The van der Waals surface area contributed by atoms with Gasteiger partial charge in [0.15, 0.2) is 0 Å². The van der Waals surface area contributed by atoms with Crippen molar-refractivity contribution < 1.29 is 32.3 Å². The van der Waals surface area contributed by atoms with Crippen LogP contribution in [0.1, 0.15) is 40.6 Å². The summed E-state index contributed by atoms with van der Waals surface area (Å²) in [5.41, 5.74) is -0.435. The fraction of sp³-hybridized carbons (Fsp3) is 0.250. The highest BCUT2D eigenvalue weighted by atomic mass is 35.5. The largest absolute Gasteiger partial charge is 0.433 e. The minimum Gasteiger partial charge on any atom is -0.433 e. The van der Waals surface area contributed by atoms with E-state index in [4.69, 9.17) is 16.3 Å². The zero-order valence-electron chi connectivity index (χ0n) is 15.2. The number of halogens is 4. The minimum atomic E-state index is -4.69. The fourth-order valence-electron chi connectivity index (χ4n) is 3.63. The van der Waals surface area contributed by atoms with Crippen LogP contribution in [0.25, 0.3) is 0 Å². The lowest BCUT2D eigenvalue weighted by Gasteiger charge is -2.29. The molecule has 0 aliphatic carbocycles. The summed E-state index contributed by atoms with van der Waals surface area (Å²) in [5, 5.41) is 1.91. The van der Waals surface area contributed by atoms with Gasteiger partial charge in [0.1, 0.15) is 6.04 Å². The van der Waals surface area contributed by atoms with Crippen LogP contribution in [0.5, 0.6) is 0 Å². The number of nitrogens with zero attached hydrogens (tertiary/aromatic N) is 1. The van der Waals surface area contributed by atoms with E-state index in [1.165, 1.54) is 11.0 Å². The summed E-state index contributed by atoms with van der Waals surface area (Å²) in [6.07, 6.45) is -5.56. The van der Waals surface area contributed by atoms with Crippen LogP contribution in [0.4, 0.5) is 18.9 Å². The molecule has 1 N–H and O–H groups in total. The van der Waals surface area contributed by atoms with Gasteiger partial charge in [0.05, 0.1) is 16.1 Å². The van der Waals surface area contributed by atoms with Crippen LogP contribution in [0.3, 0.4) is 0 Å². The molecule has 0 aromatic heterocycles. The molecule has 6 nitrogen and oxygen atoms in total. The monoisotopic (exact) mass is 438 g/mol. The van der Waals surface area contributed by atoms with Crippen LogP contribution >= 0.6 is 11.6 Å². The molecule has 2 amide bonds. The molecule has 156 valence electrons. The molecule has 2 aromatic carbocycles. The van der Waals surface area contributed by atoms with E-state index >= 15 is 0 Å². The van der Waals surface area contributed by atoms with E-state index in [-0.39, 0.29) is 18.5 Å². The van der Waals surface area contributed by atoms with Crippen LogP contribution < -0.4 is 5.32 Å². The average molecular weight is 439 g/mol. The summed E-state index contributed by atoms with van der Waals surface area (Å²) in [4.78, 5) is 38.5. The van der Waals surface area contributed by atoms with E-state index in [2.05, 4.69) is 5.32 Å². The lowest BCUT2D eigenvalue weighted by molar-refractivity contribution is -0.144. The molecular formula is C20H14ClF3N2O4. The number of likely N-dealkylation sites (tertiary alicyclic amines) is 1. The number of esters is 1. The van der Waals surface area contributed by atoms with Gasteiger partial charge in [-0.05, 0) is 30.7 Å². The van der Waals surface area contributed by atoms with Gasteiger partial charge < -0.3 is 10.1 Å².